The molecule has 0 aromatic heterocycles. The monoisotopic (exact) mass is 339 g/mol. The molecule has 1 aliphatic heterocycles. The van der Waals surface area contributed by atoms with Crippen LogP contribution >= 0.6 is 0 Å². The highest BCUT2D eigenvalue weighted by atomic mass is 16.5. The number of carbonyl (C=O) groups excluding carboxylic acids is 3. The van der Waals surface area contributed by atoms with Gasteiger partial charge in [0.2, 0.25) is 0 Å². The van der Waals surface area contributed by atoms with Crippen molar-refractivity contribution in [1.82, 2.24) is 4.90 Å². The first kappa shape index (κ1) is 16.7. The number of hydrogen-bond donors (Lipinski definition) is 0. The molecular formula is C19H17NO5. The maximum Gasteiger partial charge on any atom is 0.267 e. The van der Waals surface area contributed by atoms with Crippen LogP contribution in [0, 0.1) is 0 Å². The molecule has 2 amide bonds. The predicted octanol–water partition coefficient (Wildman–Crippen LogP) is 2.33. The molecular weight excluding hydrogens is 322 g/mol. The summed E-state index contributed by atoms with van der Waals surface area (Å²) in [7, 11) is 0. The van der Waals surface area contributed by atoms with Crippen LogP contribution in [0.1, 0.15) is 27.6 Å². The zero-order valence-electron chi connectivity index (χ0n) is 13.7. The van der Waals surface area contributed by atoms with Gasteiger partial charge in [0.15, 0.2) is 12.4 Å². The minimum atomic E-state index is -0.552. The number of carbonyl (C=O) groups is 3. The molecule has 128 valence electrons. The summed E-state index contributed by atoms with van der Waals surface area (Å²) >= 11 is 0. The Morgan fingerprint density at radius 1 is 1.12 bits per heavy atom. The van der Waals surface area contributed by atoms with Crippen LogP contribution in [0.2, 0.25) is 0 Å². The van der Waals surface area contributed by atoms with Crippen LogP contribution in [-0.2, 0) is 4.79 Å². The van der Waals surface area contributed by atoms with E-state index in [1.165, 1.54) is 0 Å². The average Bonchev–Trinajstić information content (AvgIpc) is 2.75. The number of amides is 2. The number of fused-ring (bicyclic) bond motifs is 1. The van der Waals surface area contributed by atoms with Gasteiger partial charge in [0.25, 0.3) is 11.8 Å². The third-order valence-electron chi connectivity index (χ3n) is 3.80. The fraction of sp³-hybridized carbons (Fsp3) is 0.211. The van der Waals surface area contributed by atoms with Crippen molar-refractivity contribution in [1.29, 1.82) is 0 Å². The number of para-hydroxylation sites is 2. The van der Waals surface area contributed by atoms with Crippen molar-refractivity contribution in [3.63, 3.8) is 0 Å². The van der Waals surface area contributed by atoms with Gasteiger partial charge in [-0.25, -0.2) is 0 Å². The van der Waals surface area contributed by atoms with Crippen molar-refractivity contribution in [2.24, 2.45) is 0 Å². The molecule has 0 saturated carbocycles. The Balaban J connectivity index is 1.88. The molecule has 6 nitrogen and oxygen atoms in total. The molecule has 0 aliphatic carbocycles. The Kier molecular flexibility index (Phi) is 4.79. The van der Waals surface area contributed by atoms with Crippen LogP contribution in [0.4, 0.5) is 0 Å². The third kappa shape index (κ3) is 3.38. The lowest BCUT2D eigenvalue weighted by Gasteiger charge is -2.18. The molecule has 0 atom stereocenters. The molecule has 0 saturated heterocycles. The fourth-order valence-corrected chi connectivity index (χ4v) is 2.61. The fourth-order valence-electron chi connectivity index (χ4n) is 2.61. The van der Waals surface area contributed by atoms with Crippen LogP contribution in [0.5, 0.6) is 11.5 Å². The first-order valence-electron chi connectivity index (χ1n) is 7.93. The topological polar surface area (TPSA) is 72.9 Å². The van der Waals surface area contributed by atoms with E-state index in [4.69, 9.17) is 9.47 Å². The molecule has 0 fully saturated rings. The van der Waals surface area contributed by atoms with Crippen molar-refractivity contribution >= 4 is 17.6 Å². The van der Waals surface area contributed by atoms with Crippen molar-refractivity contribution < 1.29 is 23.9 Å². The normalized spacial score (nSPS) is 13.7. The molecule has 25 heavy (non-hydrogen) atoms. The molecule has 1 heterocycles. The third-order valence-corrected chi connectivity index (χ3v) is 3.80. The number of hydrogen-bond acceptors (Lipinski definition) is 5. The van der Waals surface area contributed by atoms with E-state index in [-0.39, 0.29) is 24.5 Å². The van der Waals surface area contributed by atoms with E-state index in [1.807, 2.05) is 6.92 Å². The van der Waals surface area contributed by atoms with E-state index >= 15 is 0 Å². The molecule has 6 heteroatoms. The second-order valence-corrected chi connectivity index (χ2v) is 5.42. The Labute approximate surface area is 145 Å². The Morgan fingerprint density at radius 3 is 2.64 bits per heavy atom. The van der Waals surface area contributed by atoms with E-state index in [1.54, 1.807) is 48.5 Å². The maximum atomic E-state index is 12.7. The van der Waals surface area contributed by atoms with Crippen LogP contribution < -0.4 is 9.47 Å². The summed E-state index contributed by atoms with van der Waals surface area (Å²) in [6.45, 7) is 1.58. The van der Waals surface area contributed by atoms with Gasteiger partial charge in [-0.1, -0.05) is 24.3 Å². The highest BCUT2D eigenvalue weighted by Gasteiger charge is 2.31. The van der Waals surface area contributed by atoms with Gasteiger partial charge in [0, 0.05) is 0 Å². The quantitative estimate of drug-likeness (QED) is 0.617. The van der Waals surface area contributed by atoms with Crippen molar-refractivity contribution in [2.75, 3.05) is 19.8 Å². The smallest absolute Gasteiger partial charge is 0.267 e. The van der Waals surface area contributed by atoms with Gasteiger partial charge in [-0.2, -0.15) is 0 Å². The second kappa shape index (κ2) is 7.17. The lowest BCUT2D eigenvalue weighted by atomic mass is 10.1. The number of Topliss-reactive ketones (excluding diaryl/α,β-unsaturated/α-hetero) is 1. The Bertz CT molecular complexity index is 830. The van der Waals surface area contributed by atoms with E-state index in [2.05, 4.69) is 0 Å². The van der Waals surface area contributed by atoms with Gasteiger partial charge in [-0.05, 0) is 31.2 Å². The summed E-state index contributed by atoms with van der Waals surface area (Å²) in [5, 5.41) is 0. The summed E-state index contributed by atoms with van der Waals surface area (Å²) < 4.78 is 10.8. The van der Waals surface area contributed by atoms with E-state index in [9.17, 15) is 14.4 Å². The number of rotatable bonds is 5. The Hall–Kier alpha value is -3.15. The summed E-state index contributed by atoms with van der Waals surface area (Å²) in [6, 6.07) is 13.4. The molecule has 0 bridgehead atoms. The molecule has 0 radical (unpaired) electrons. The number of ether oxygens (including phenoxy) is 2. The number of nitrogens with zero attached hydrogens (tertiary/aromatic N) is 1. The van der Waals surface area contributed by atoms with Gasteiger partial charge in [-0.15, -0.1) is 0 Å². The van der Waals surface area contributed by atoms with Gasteiger partial charge in [0.05, 0.1) is 24.3 Å². The molecule has 0 unspecified atom stereocenters. The highest BCUT2D eigenvalue weighted by Crippen LogP contribution is 2.24. The molecule has 1 aliphatic rings. The number of imide groups is 1. The van der Waals surface area contributed by atoms with Gasteiger partial charge in [-0.3, -0.25) is 19.3 Å². The lowest BCUT2D eigenvalue weighted by Crippen LogP contribution is -2.41. The molecule has 2 aromatic rings. The molecule has 0 N–H and O–H groups in total. The molecule has 0 spiro atoms. The first-order valence-corrected chi connectivity index (χ1v) is 7.93. The average molecular weight is 339 g/mol. The predicted molar refractivity (Wildman–Crippen MR) is 89.9 cm³/mol. The van der Waals surface area contributed by atoms with Gasteiger partial charge >= 0.3 is 0 Å². The highest BCUT2D eigenvalue weighted by molar-refractivity contribution is 6.11. The van der Waals surface area contributed by atoms with Crippen LogP contribution in [-0.4, -0.2) is 42.3 Å². The molecule has 3 rings (SSSR count). The van der Waals surface area contributed by atoms with Crippen LogP contribution in [0.15, 0.2) is 48.5 Å². The van der Waals surface area contributed by atoms with Crippen molar-refractivity contribution in [3.8, 4) is 11.5 Å². The Morgan fingerprint density at radius 2 is 1.84 bits per heavy atom. The van der Waals surface area contributed by atoms with Gasteiger partial charge < -0.3 is 9.47 Å². The zero-order valence-corrected chi connectivity index (χ0v) is 13.7. The van der Waals surface area contributed by atoms with E-state index in [0.29, 0.717) is 23.7 Å². The molecule has 2 aromatic carbocycles. The van der Waals surface area contributed by atoms with Crippen LogP contribution in [0.3, 0.4) is 0 Å². The lowest BCUT2D eigenvalue weighted by molar-refractivity contribution is -0.129. The summed E-state index contributed by atoms with van der Waals surface area (Å²) in [4.78, 5) is 38.5. The number of benzene rings is 2. The second-order valence-electron chi connectivity index (χ2n) is 5.42. The van der Waals surface area contributed by atoms with E-state index < -0.39 is 11.8 Å². The maximum absolute atomic E-state index is 12.7. The SMILES string of the molecule is CCOc1ccccc1C(=O)CN1C(=O)COc2ccccc2C1=O. The minimum absolute atomic E-state index is 0.263. The summed E-state index contributed by atoms with van der Waals surface area (Å²) in [6.07, 6.45) is 0. The zero-order chi connectivity index (χ0) is 17.8. The standard InChI is InChI=1S/C19H17NO5/c1-2-24-16-9-5-3-7-13(16)15(21)11-20-18(22)12-25-17-10-6-4-8-14(17)19(20)23/h3-10H,2,11-12H2,1H3. The van der Waals surface area contributed by atoms with E-state index in [0.717, 1.165) is 4.90 Å². The first-order chi connectivity index (χ1) is 12.1. The minimum Gasteiger partial charge on any atom is -0.493 e. The van der Waals surface area contributed by atoms with Crippen molar-refractivity contribution in [3.05, 3.63) is 59.7 Å². The van der Waals surface area contributed by atoms with Crippen LogP contribution in [0.25, 0.3) is 0 Å². The van der Waals surface area contributed by atoms with Gasteiger partial charge in [0.1, 0.15) is 11.5 Å². The largest absolute Gasteiger partial charge is 0.493 e. The summed E-state index contributed by atoms with van der Waals surface area (Å²) in [5.41, 5.74) is 0.600. The number of ketones is 1. The summed E-state index contributed by atoms with van der Waals surface area (Å²) in [5.74, 6) is -0.694. The van der Waals surface area contributed by atoms with Crippen molar-refractivity contribution in [2.45, 2.75) is 6.92 Å².